The normalized spacial score (nSPS) is 24.2. The third-order valence-corrected chi connectivity index (χ3v) is 8.50. The molecule has 0 spiro atoms. The highest BCUT2D eigenvalue weighted by Crippen LogP contribution is 2.36. The lowest BCUT2D eigenvalue weighted by atomic mass is 9.82. The molecule has 8 nitrogen and oxygen atoms in total. The van der Waals surface area contributed by atoms with Crippen LogP contribution in [0, 0.1) is 11.8 Å². The molecular weight excluding hydrogens is 553 g/mol. The maximum absolute atomic E-state index is 13.5. The number of nitrogens with zero attached hydrogens (tertiary/aromatic N) is 1. The molecule has 3 aliphatic heterocycles. The van der Waals surface area contributed by atoms with Gasteiger partial charge in [0.1, 0.15) is 19.1 Å². The molecule has 2 aromatic carbocycles. The molecule has 226 valence electrons. The molecule has 11 heteroatoms. The second kappa shape index (κ2) is 13.5. The lowest BCUT2D eigenvalue weighted by Crippen LogP contribution is -2.66. The minimum absolute atomic E-state index is 0.0244. The summed E-state index contributed by atoms with van der Waals surface area (Å²) in [5, 5.41) is 11.8. The summed E-state index contributed by atoms with van der Waals surface area (Å²) in [4.78, 5) is 48.2. The molecule has 4 aliphatic rings. The van der Waals surface area contributed by atoms with Crippen LogP contribution < -0.4 is 10.4 Å². The van der Waals surface area contributed by atoms with E-state index in [4.69, 9.17) is 14.6 Å². The Morgan fingerprint density at radius 1 is 0.905 bits per heavy atom. The van der Waals surface area contributed by atoms with E-state index in [0.29, 0.717) is 23.5 Å². The van der Waals surface area contributed by atoms with E-state index in [9.17, 15) is 27.6 Å². The third-order valence-electron chi connectivity index (χ3n) is 8.50. The van der Waals surface area contributed by atoms with Crippen molar-refractivity contribution in [2.24, 2.45) is 11.8 Å². The number of carbonyl (C=O) groups is 4. The van der Waals surface area contributed by atoms with Crippen molar-refractivity contribution in [3.63, 3.8) is 0 Å². The van der Waals surface area contributed by atoms with Gasteiger partial charge in [0, 0.05) is 30.2 Å². The minimum atomic E-state index is -5.19. The number of carbonyl (C=O) groups excluding carboxylic acids is 4. The second-order valence-electron chi connectivity index (χ2n) is 11.4. The zero-order chi connectivity index (χ0) is 30.3. The summed E-state index contributed by atoms with van der Waals surface area (Å²) in [6.45, 7) is 2.98. The van der Waals surface area contributed by atoms with Gasteiger partial charge in [0.15, 0.2) is 12.1 Å². The molecule has 1 saturated carbocycles. The maximum atomic E-state index is 13.5. The molecule has 6 rings (SSSR count). The number of alkyl halides is 3. The van der Waals surface area contributed by atoms with Crippen molar-refractivity contribution in [1.82, 2.24) is 5.32 Å². The number of nitrogens with one attached hydrogen (secondary N) is 1. The highest BCUT2D eigenvalue weighted by molar-refractivity contribution is 5.97. The van der Waals surface area contributed by atoms with Crippen LogP contribution in [0.2, 0.25) is 0 Å². The molecule has 3 saturated heterocycles. The van der Waals surface area contributed by atoms with Gasteiger partial charge in [0.05, 0.1) is 13.1 Å². The van der Waals surface area contributed by atoms with Crippen molar-refractivity contribution in [2.45, 2.75) is 56.8 Å². The summed E-state index contributed by atoms with van der Waals surface area (Å²) < 4.78 is 38.4. The van der Waals surface area contributed by atoms with Crippen LogP contribution in [0.15, 0.2) is 60.7 Å². The Kier molecular flexibility index (Phi) is 10.0. The van der Waals surface area contributed by atoms with Crippen molar-refractivity contribution >= 4 is 23.6 Å². The molecular formula is C31H35F3N2O6. The average Bonchev–Trinajstić information content (AvgIpc) is 3.52. The summed E-state index contributed by atoms with van der Waals surface area (Å²) in [6, 6.07) is 18.0. The number of quaternary nitrogens is 1. The number of ketones is 1. The van der Waals surface area contributed by atoms with E-state index in [0.717, 1.165) is 62.7 Å². The molecule has 0 radical (unpaired) electrons. The lowest BCUT2D eigenvalue weighted by Gasteiger charge is -2.51. The molecule has 3 heterocycles. The Bertz CT molecular complexity index is 1240. The second-order valence-corrected chi connectivity index (χ2v) is 11.4. The van der Waals surface area contributed by atoms with Crippen molar-refractivity contribution in [2.75, 3.05) is 26.2 Å². The summed E-state index contributed by atoms with van der Waals surface area (Å²) in [7, 11) is 0. The Labute approximate surface area is 242 Å². The van der Waals surface area contributed by atoms with E-state index in [1.54, 1.807) is 0 Å². The van der Waals surface area contributed by atoms with Gasteiger partial charge in [0.2, 0.25) is 11.7 Å². The van der Waals surface area contributed by atoms with Gasteiger partial charge in [-0.25, -0.2) is 4.79 Å². The summed E-state index contributed by atoms with van der Waals surface area (Å²) in [5.74, 6) is -3.03. The Balaban J connectivity index is 0.000000517. The molecule has 4 fully saturated rings. The molecule has 1 aliphatic carbocycles. The fourth-order valence-electron chi connectivity index (χ4n) is 6.19. The SMILES string of the molecule is O=C(C[N+]12CCC(CC1)[C@@H](OC(=O)C(NC(=O)C1CCCC1)c1ccccc1)C2)c1ccccc1.O=C([O-])C(F)(F)F. The van der Waals surface area contributed by atoms with Crippen LogP contribution in [0.25, 0.3) is 0 Å². The smallest absolute Gasteiger partial charge is 0.430 e. The predicted octanol–water partition coefficient (Wildman–Crippen LogP) is 3.37. The molecule has 2 atom stereocenters. The Morgan fingerprint density at radius 2 is 1.45 bits per heavy atom. The van der Waals surface area contributed by atoms with E-state index in [2.05, 4.69) is 5.32 Å². The van der Waals surface area contributed by atoms with E-state index in [1.807, 2.05) is 60.7 Å². The van der Waals surface area contributed by atoms with Gasteiger partial charge in [-0.2, -0.15) is 13.2 Å². The van der Waals surface area contributed by atoms with Crippen LogP contribution >= 0.6 is 0 Å². The zero-order valence-electron chi connectivity index (χ0n) is 23.2. The van der Waals surface area contributed by atoms with Crippen LogP contribution in [0.3, 0.4) is 0 Å². The van der Waals surface area contributed by atoms with Crippen LogP contribution in [0.4, 0.5) is 13.2 Å². The number of hydrogen-bond donors (Lipinski definition) is 1. The van der Waals surface area contributed by atoms with Crippen molar-refractivity contribution in [1.29, 1.82) is 0 Å². The van der Waals surface area contributed by atoms with Crippen LogP contribution in [-0.4, -0.2) is 66.6 Å². The van der Waals surface area contributed by atoms with E-state index in [-0.39, 0.29) is 23.7 Å². The van der Waals surface area contributed by atoms with E-state index < -0.39 is 24.2 Å². The number of carboxylic acid groups (broad SMARTS) is 1. The van der Waals surface area contributed by atoms with Crippen LogP contribution in [0.1, 0.15) is 60.5 Å². The quantitative estimate of drug-likeness (QED) is 0.288. The molecule has 1 amide bonds. The van der Waals surface area contributed by atoms with Crippen molar-refractivity contribution < 1.29 is 46.7 Å². The number of aliphatic carboxylic acids is 1. The summed E-state index contributed by atoms with van der Waals surface area (Å²) >= 11 is 0. The van der Waals surface area contributed by atoms with E-state index >= 15 is 0 Å². The number of halogens is 3. The van der Waals surface area contributed by atoms with Crippen molar-refractivity contribution in [3.05, 3.63) is 71.8 Å². The van der Waals surface area contributed by atoms with Crippen LogP contribution in [-0.2, 0) is 19.1 Å². The highest BCUT2D eigenvalue weighted by Gasteiger charge is 2.49. The number of hydrogen-bond acceptors (Lipinski definition) is 6. The monoisotopic (exact) mass is 588 g/mol. The first-order chi connectivity index (χ1) is 20.0. The van der Waals surface area contributed by atoms with Gasteiger partial charge < -0.3 is 24.4 Å². The van der Waals surface area contributed by atoms with Gasteiger partial charge in [-0.3, -0.25) is 9.59 Å². The number of piperidine rings is 3. The summed E-state index contributed by atoms with van der Waals surface area (Å²) in [5.41, 5.74) is 1.48. The molecule has 2 bridgehead atoms. The third kappa shape index (κ3) is 7.96. The first-order valence-corrected chi connectivity index (χ1v) is 14.2. The molecule has 0 aromatic heterocycles. The average molecular weight is 589 g/mol. The van der Waals surface area contributed by atoms with Crippen molar-refractivity contribution in [3.8, 4) is 0 Å². The van der Waals surface area contributed by atoms with Gasteiger partial charge in [-0.1, -0.05) is 73.5 Å². The number of rotatable bonds is 8. The number of Topliss-reactive ketones (excluding diaryl/α,β-unsaturated/α-hetero) is 1. The lowest BCUT2D eigenvalue weighted by molar-refractivity contribution is -0.938. The molecule has 1 unspecified atom stereocenters. The van der Waals surface area contributed by atoms with Gasteiger partial charge in [-0.05, 0) is 18.4 Å². The number of carboxylic acids is 1. The largest absolute Gasteiger partial charge is 0.542 e. The van der Waals surface area contributed by atoms with Gasteiger partial charge in [-0.15, -0.1) is 0 Å². The number of ether oxygens (including phenoxy) is 1. The standard InChI is InChI=1S/C29H34N2O4.C2HF3O2/c32-25(21-9-3-1-4-10-21)19-31-17-15-22(16-18-31)26(20-31)35-29(34)27(23-11-5-2-6-12-23)30-28(33)24-13-7-8-14-24;3-2(4,5)1(6)7/h1-6,9-12,22,24,26-27H,7-8,13-20H2;(H,6,7)/t22?,26-,27?,31?;/m0./s1. The highest BCUT2D eigenvalue weighted by atomic mass is 19.4. The van der Waals surface area contributed by atoms with Gasteiger partial charge >= 0.3 is 12.1 Å². The summed E-state index contributed by atoms with van der Waals surface area (Å²) in [6.07, 6.45) is 0.344. The number of benzene rings is 2. The minimum Gasteiger partial charge on any atom is -0.542 e. The van der Waals surface area contributed by atoms with Crippen LogP contribution in [0.5, 0.6) is 0 Å². The first-order valence-electron chi connectivity index (χ1n) is 14.2. The van der Waals surface area contributed by atoms with Gasteiger partial charge in [0.25, 0.3) is 0 Å². The predicted molar refractivity (Wildman–Crippen MR) is 143 cm³/mol. The van der Waals surface area contributed by atoms with E-state index in [1.165, 1.54) is 0 Å². The number of amides is 1. The number of esters is 1. The Hall–Kier alpha value is -3.73. The maximum Gasteiger partial charge on any atom is 0.430 e. The Morgan fingerprint density at radius 3 is 2.00 bits per heavy atom. The fourth-order valence-corrected chi connectivity index (χ4v) is 6.19. The first kappa shape index (κ1) is 31.2. The number of fused-ring (bicyclic) bond motifs is 3. The molecule has 1 N–H and O–H groups in total. The fraction of sp³-hybridized carbons (Fsp3) is 0.484. The topological polar surface area (TPSA) is 113 Å². The molecule has 2 aromatic rings. The molecule has 42 heavy (non-hydrogen) atoms. The zero-order valence-corrected chi connectivity index (χ0v) is 23.2.